The first-order valence-electron chi connectivity index (χ1n) is 11.3. The topological polar surface area (TPSA) is 72.8 Å². The highest BCUT2D eigenvalue weighted by atomic mass is 16.5. The summed E-state index contributed by atoms with van der Waals surface area (Å²) in [4.78, 5) is 14.7. The molecule has 3 rings (SSSR count). The van der Waals surface area contributed by atoms with E-state index in [0.29, 0.717) is 12.8 Å². The molecule has 5 nitrogen and oxygen atoms in total. The van der Waals surface area contributed by atoms with Gasteiger partial charge < -0.3 is 20.4 Å². The van der Waals surface area contributed by atoms with Crippen LogP contribution in [0.15, 0.2) is 48.5 Å². The summed E-state index contributed by atoms with van der Waals surface area (Å²) in [6.07, 6.45) is 3.06. The second-order valence-corrected chi connectivity index (χ2v) is 9.31. The summed E-state index contributed by atoms with van der Waals surface area (Å²) in [7, 11) is 0. The zero-order chi connectivity index (χ0) is 22.4. The zero-order valence-corrected chi connectivity index (χ0v) is 19.0. The van der Waals surface area contributed by atoms with Crippen LogP contribution in [0.1, 0.15) is 51.2 Å². The molecule has 0 saturated carbocycles. The van der Waals surface area contributed by atoms with Gasteiger partial charge >= 0.3 is 0 Å². The van der Waals surface area contributed by atoms with E-state index >= 15 is 0 Å². The normalized spacial score (nSPS) is 17.3. The van der Waals surface area contributed by atoms with Gasteiger partial charge in [0.2, 0.25) is 5.91 Å². The molecule has 0 radical (unpaired) electrons. The van der Waals surface area contributed by atoms with E-state index in [1.54, 1.807) is 13.8 Å². The molecule has 1 amide bonds. The molecular formula is C26H36N2O3. The lowest BCUT2D eigenvalue weighted by atomic mass is 10.00. The second kappa shape index (κ2) is 10.4. The maximum Gasteiger partial charge on any atom is 0.220 e. The van der Waals surface area contributed by atoms with Crippen molar-refractivity contribution in [1.82, 2.24) is 10.2 Å². The van der Waals surface area contributed by atoms with Gasteiger partial charge in [-0.15, -0.1) is 0 Å². The van der Waals surface area contributed by atoms with Gasteiger partial charge in [-0.05, 0) is 75.3 Å². The molecule has 0 aliphatic carbocycles. The van der Waals surface area contributed by atoms with Gasteiger partial charge in [-0.2, -0.15) is 0 Å². The fraction of sp³-hybridized carbons (Fsp3) is 0.500. The van der Waals surface area contributed by atoms with Crippen LogP contribution in [0.2, 0.25) is 0 Å². The van der Waals surface area contributed by atoms with E-state index < -0.39 is 11.8 Å². The fourth-order valence-corrected chi connectivity index (χ4v) is 4.07. The maximum atomic E-state index is 12.1. The van der Waals surface area contributed by atoms with Crippen LogP contribution in [0.5, 0.6) is 0 Å². The van der Waals surface area contributed by atoms with E-state index in [2.05, 4.69) is 65.7 Å². The summed E-state index contributed by atoms with van der Waals surface area (Å²) in [5.41, 5.74) is 3.76. The molecule has 1 aliphatic heterocycles. The van der Waals surface area contributed by atoms with Crippen molar-refractivity contribution in [1.29, 1.82) is 0 Å². The van der Waals surface area contributed by atoms with E-state index in [1.165, 1.54) is 30.5 Å². The molecule has 0 aromatic heterocycles. The Labute approximate surface area is 186 Å². The maximum absolute atomic E-state index is 12.1. The number of benzene rings is 2. The minimum Gasteiger partial charge on any atom is -0.366 e. The highest BCUT2D eigenvalue weighted by molar-refractivity contribution is 5.77. The van der Waals surface area contributed by atoms with Crippen LogP contribution in [0.25, 0.3) is 11.1 Å². The van der Waals surface area contributed by atoms with Crippen molar-refractivity contribution in [3.63, 3.8) is 0 Å². The molecule has 31 heavy (non-hydrogen) atoms. The van der Waals surface area contributed by atoms with Crippen LogP contribution in [0, 0.1) is 0 Å². The Morgan fingerprint density at radius 1 is 1.03 bits per heavy atom. The van der Waals surface area contributed by atoms with E-state index in [4.69, 9.17) is 0 Å². The van der Waals surface area contributed by atoms with E-state index in [0.717, 1.165) is 30.1 Å². The molecule has 0 unspecified atom stereocenters. The Balaban J connectivity index is 1.49. The summed E-state index contributed by atoms with van der Waals surface area (Å²) in [5, 5.41) is 21.3. The van der Waals surface area contributed by atoms with Gasteiger partial charge in [0.15, 0.2) is 6.29 Å². The van der Waals surface area contributed by atoms with Crippen molar-refractivity contribution in [2.45, 2.75) is 70.7 Å². The van der Waals surface area contributed by atoms with Crippen molar-refractivity contribution in [2.75, 3.05) is 13.1 Å². The number of likely N-dealkylation sites (tertiary alicyclic amines) is 1. The average Bonchev–Trinajstić information content (AvgIpc) is 3.16. The highest BCUT2D eigenvalue weighted by Gasteiger charge is 2.27. The van der Waals surface area contributed by atoms with Crippen LogP contribution >= 0.6 is 0 Å². The van der Waals surface area contributed by atoms with Crippen molar-refractivity contribution >= 4 is 5.91 Å². The molecular weight excluding hydrogens is 388 g/mol. The summed E-state index contributed by atoms with van der Waals surface area (Å²) >= 11 is 0. The Bertz CT molecular complexity index is 844. The van der Waals surface area contributed by atoms with Gasteiger partial charge in [-0.25, -0.2) is 0 Å². The number of aliphatic hydroxyl groups is 2. The summed E-state index contributed by atoms with van der Waals surface area (Å²) < 4.78 is 0. The van der Waals surface area contributed by atoms with Gasteiger partial charge in [-0.3, -0.25) is 4.79 Å². The second-order valence-electron chi connectivity index (χ2n) is 9.31. The summed E-state index contributed by atoms with van der Waals surface area (Å²) in [5.74, 6) is -0.193. The number of carbonyl (C=O) groups excluding carboxylic acids is 1. The Kier molecular flexibility index (Phi) is 7.87. The van der Waals surface area contributed by atoms with E-state index in [1.807, 2.05) is 0 Å². The molecule has 1 aliphatic rings. The number of aliphatic hydroxyl groups excluding tert-OH is 1. The van der Waals surface area contributed by atoms with Gasteiger partial charge in [0.1, 0.15) is 0 Å². The van der Waals surface area contributed by atoms with E-state index in [-0.39, 0.29) is 5.91 Å². The molecule has 2 aromatic carbocycles. The number of hydrogen-bond donors (Lipinski definition) is 3. The van der Waals surface area contributed by atoms with Gasteiger partial charge in [0.05, 0.1) is 5.54 Å². The minimum absolute atomic E-state index is 0.193. The molecule has 5 heteroatoms. The lowest BCUT2D eigenvalue weighted by Gasteiger charge is -2.28. The molecule has 3 N–H and O–H groups in total. The standard InChI is InChI=1S/C26H36N2O3/c1-19-5-4-17-28(19)18-16-21-8-13-23(14-9-21)22-11-6-20(7-12-22)10-15-24(29)27-26(2,3)25(30)31/h6-9,11-14,19,25,30-31H,4-5,10,15-18H2,1-3H3,(H,27,29)/t19-/m1/s1. The number of rotatable bonds is 9. The number of carbonyl (C=O) groups is 1. The third-order valence-corrected chi connectivity index (χ3v) is 6.37. The number of aryl methyl sites for hydroxylation is 1. The quantitative estimate of drug-likeness (QED) is 0.539. The minimum atomic E-state index is -1.59. The zero-order valence-electron chi connectivity index (χ0n) is 19.0. The predicted octanol–water partition coefficient (Wildman–Crippen LogP) is 3.52. The molecule has 1 saturated heterocycles. The smallest absolute Gasteiger partial charge is 0.220 e. The first kappa shape index (κ1) is 23.5. The SMILES string of the molecule is C[C@@H]1CCCN1CCc1ccc(-c2ccc(CCC(=O)NC(C)(C)C(O)O)cc2)cc1. The largest absolute Gasteiger partial charge is 0.366 e. The number of nitrogens with one attached hydrogen (secondary N) is 1. The lowest BCUT2D eigenvalue weighted by Crippen LogP contribution is -2.52. The Morgan fingerprint density at radius 3 is 2.06 bits per heavy atom. The van der Waals surface area contributed by atoms with Crippen LogP contribution < -0.4 is 5.32 Å². The van der Waals surface area contributed by atoms with Crippen molar-refractivity contribution in [2.24, 2.45) is 0 Å². The van der Waals surface area contributed by atoms with Crippen LogP contribution in [0.3, 0.4) is 0 Å². The molecule has 2 aromatic rings. The highest BCUT2D eigenvalue weighted by Crippen LogP contribution is 2.22. The summed E-state index contributed by atoms with van der Waals surface area (Å²) in [6.45, 7) is 7.86. The molecule has 1 fully saturated rings. The molecule has 1 heterocycles. The number of hydrogen-bond acceptors (Lipinski definition) is 4. The van der Waals surface area contributed by atoms with Crippen molar-refractivity contribution < 1.29 is 15.0 Å². The van der Waals surface area contributed by atoms with Crippen molar-refractivity contribution in [3.05, 3.63) is 59.7 Å². The van der Waals surface area contributed by atoms with Crippen LogP contribution in [0.4, 0.5) is 0 Å². The fourth-order valence-electron chi connectivity index (χ4n) is 4.07. The summed E-state index contributed by atoms with van der Waals surface area (Å²) in [6, 6.07) is 17.8. The van der Waals surface area contributed by atoms with Gasteiger partial charge in [0, 0.05) is 19.0 Å². The van der Waals surface area contributed by atoms with Crippen LogP contribution in [-0.4, -0.2) is 52.0 Å². The first-order chi connectivity index (χ1) is 14.7. The molecule has 0 bridgehead atoms. The Morgan fingerprint density at radius 2 is 1.58 bits per heavy atom. The monoisotopic (exact) mass is 424 g/mol. The van der Waals surface area contributed by atoms with E-state index in [9.17, 15) is 15.0 Å². The van der Waals surface area contributed by atoms with Crippen molar-refractivity contribution in [3.8, 4) is 11.1 Å². The number of amides is 1. The van der Waals surface area contributed by atoms with Gasteiger partial charge in [0.25, 0.3) is 0 Å². The first-order valence-corrected chi connectivity index (χ1v) is 11.3. The average molecular weight is 425 g/mol. The third kappa shape index (κ3) is 6.63. The lowest BCUT2D eigenvalue weighted by molar-refractivity contribution is -0.133. The van der Waals surface area contributed by atoms with Gasteiger partial charge in [-0.1, -0.05) is 48.5 Å². The van der Waals surface area contributed by atoms with Crippen LogP contribution in [-0.2, 0) is 17.6 Å². The molecule has 168 valence electrons. The third-order valence-electron chi connectivity index (χ3n) is 6.37. The molecule has 1 atom stereocenters. The molecule has 0 spiro atoms. The number of nitrogens with zero attached hydrogens (tertiary/aromatic N) is 1. The Hall–Kier alpha value is -2.21. The predicted molar refractivity (Wildman–Crippen MR) is 125 cm³/mol.